The van der Waals surface area contributed by atoms with E-state index in [-0.39, 0.29) is 5.69 Å². The average Bonchev–Trinajstić information content (AvgIpc) is 2.56. The molecule has 0 atom stereocenters. The predicted molar refractivity (Wildman–Crippen MR) is 94.0 cm³/mol. The summed E-state index contributed by atoms with van der Waals surface area (Å²) in [6, 6.07) is 14.6. The van der Waals surface area contributed by atoms with Crippen LogP contribution in [-0.2, 0) is 6.42 Å². The lowest BCUT2D eigenvalue weighted by Crippen LogP contribution is -2.30. The molecule has 0 aromatic heterocycles. The molecule has 2 aromatic carbocycles. The third-order valence-electron chi connectivity index (χ3n) is 3.19. The fourth-order valence-electron chi connectivity index (χ4n) is 2.03. The molecule has 0 aliphatic heterocycles. The Morgan fingerprint density at radius 1 is 1.26 bits per heavy atom. The topological polar surface area (TPSA) is 76.4 Å². The molecule has 120 valence electrons. The number of nitro benzene ring substituents is 1. The zero-order valence-corrected chi connectivity index (χ0v) is 13.4. The summed E-state index contributed by atoms with van der Waals surface area (Å²) in [7, 11) is 1.46. The standard InChI is InChI=1S/C16H17N3O3S/c1-22-13-7-8-14(15(11-13)19(20)21)18-16(23)17-10-9-12-5-3-2-4-6-12/h2-8,11H,9-10H2,1H3,(H2,17,18,23). The van der Waals surface area contributed by atoms with Crippen molar-refractivity contribution < 1.29 is 9.66 Å². The van der Waals surface area contributed by atoms with Gasteiger partial charge in [-0.25, -0.2) is 0 Å². The van der Waals surface area contributed by atoms with E-state index in [0.717, 1.165) is 6.42 Å². The van der Waals surface area contributed by atoms with Gasteiger partial charge in [-0.2, -0.15) is 0 Å². The minimum absolute atomic E-state index is 0.0865. The second-order valence-electron chi connectivity index (χ2n) is 4.76. The van der Waals surface area contributed by atoms with Crippen LogP contribution in [0.1, 0.15) is 5.56 Å². The largest absolute Gasteiger partial charge is 0.496 e. The van der Waals surface area contributed by atoms with E-state index in [1.165, 1.54) is 18.7 Å². The average molecular weight is 331 g/mol. The number of nitrogens with zero attached hydrogens (tertiary/aromatic N) is 1. The number of nitrogens with one attached hydrogen (secondary N) is 2. The second kappa shape index (κ2) is 8.09. The Kier molecular flexibility index (Phi) is 5.87. The molecule has 0 amide bonds. The molecule has 2 N–H and O–H groups in total. The maximum Gasteiger partial charge on any atom is 0.296 e. The van der Waals surface area contributed by atoms with Gasteiger partial charge in [-0.1, -0.05) is 30.3 Å². The lowest BCUT2D eigenvalue weighted by Gasteiger charge is -2.11. The summed E-state index contributed by atoms with van der Waals surface area (Å²) in [5.74, 6) is 0.421. The molecule has 0 bridgehead atoms. The molecule has 2 aromatic rings. The fourth-order valence-corrected chi connectivity index (χ4v) is 2.24. The number of hydrogen-bond acceptors (Lipinski definition) is 4. The summed E-state index contributed by atoms with van der Waals surface area (Å²) in [6.07, 6.45) is 0.813. The van der Waals surface area contributed by atoms with Gasteiger partial charge in [0.2, 0.25) is 0 Å². The third-order valence-corrected chi connectivity index (χ3v) is 3.44. The lowest BCUT2D eigenvalue weighted by molar-refractivity contribution is -0.384. The van der Waals surface area contributed by atoms with Crippen molar-refractivity contribution >= 4 is 28.7 Å². The summed E-state index contributed by atoms with van der Waals surface area (Å²) < 4.78 is 5.00. The van der Waals surface area contributed by atoms with Crippen molar-refractivity contribution in [1.29, 1.82) is 0 Å². The first-order valence-corrected chi connectivity index (χ1v) is 7.42. The second-order valence-corrected chi connectivity index (χ2v) is 5.16. The lowest BCUT2D eigenvalue weighted by atomic mass is 10.1. The molecule has 0 aliphatic carbocycles. The summed E-state index contributed by atoms with van der Waals surface area (Å²) in [6.45, 7) is 0.639. The van der Waals surface area contributed by atoms with E-state index in [4.69, 9.17) is 17.0 Å². The zero-order valence-electron chi connectivity index (χ0n) is 12.6. The van der Waals surface area contributed by atoms with Gasteiger partial charge >= 0.3 is 0 Å². The third kappa shape index (κ3) is 4.93. The predicted octanol–water partition coefficient (Wildman–Crippen LogP) is 3.13. The molecule has 0 radical (unpaired) electrons. The van der Waals surface area contributed by atoms with E-state index in [0.29, 0.717) is 23.1 Å². The molecule has 0 fully saturated rings. The smallest absolute Gasteiger partial charge is 0.296 e. The number of ether oxygens (including phenoxy) is 1. The Labute approximate surface area is 139 Å². The van der Waals surface area contributed by atoms with Crippen LogP contribution in [-0.4, -0.2) is 23.7 Å². The number of hydrogen-bond donors (Lipinski definition) is 2. The van der Waals surface area contributed by atoms with E-state index in [2.05, 4.69) is 10.6 Å². The van der Waals surface area contributed by atoms with Crippen LogP contribution in [0.5, 0.6) is 5.75 Å². The Balaban J connectivity index is 1.93. The van der Waals surface area contributed by atoms with Gasteiger partial charge in [0.15, 0.2) is 5.11 Å². The highest BCUT2D eigenvalue weighted by molar-refractivity contribution is 7.80. The Morgan fingerprint density at radius 2 is 2.00 bits per heavy atom. The van der Waals surface area contributed by atoms with Gasteiger partial charge in [0.25, 0.3) is 5.69 Å². The molecular formula is C16H17N3O3S. The fraction of sp³-hybridized carbons (Fsp3) is 0.188. The van der Waals surface area contributed by atoms with E-state index in [1.807, 2.05) is 30.3 Å². The molecule has 7 heteroatoms. The molecule has 2 rings (SSSR count). The van der Waals surface area contributed by atoms with Crippen molar-refractivity contribution in [2.45, 2.75) is 6.42 Å². The number of anilines is 1. The van der Waals surface area contributed by atoms with E-state index in [1.54, 1.807) is 12.1 Å². The molecule has 0 aliphatic rings. The molecule has 0 unspecified atom stereocenters. The Morgan fingerprint density at radius 3 is 2.65 bits per heavy atom. The number of nitro groups is 1. The number of methoxy groups -OCH3 is 1. The van der Waals surface area contributed by atoms with Crippen LogP contribution in [0.3, 0.4) is 0 Å². The van der Waals surface area contributed by atoms with Crippen LogP contribution in [0, 0.1) is 10.1 Å². The Bertz CT molecular complexity index is 692. The molecular weight excluding hydrogens is 314 g/mol. The minimum atomic E-state index is -0.475. The van der Waals surface area contributed by atoms with Crippen LogP contribution < -0.4 is 15.4 Å². The summed E-state index contributed by atoms with van der Waals surface area (Å²) in [5, 5.41) is 17.4. The minimum Gasteiger partial charge on any atom is -0.496 e. The first-order valence-electron chi connectivity index (χ1n) is 7.01. The quantitative estimate of drug-likeness (QED) is 0.481. The molecule has 0 heterocycles. The van der Waals surface area contributed by atoms with Gasteiger partial charge in [0, 0.05) is 6.54 Å². The van der Waals surface area contributed by atoms with E-state index >= 15 is 0 Å². The number of thiocarbonyl (C=S) groups is 1. The van der Waals surface area contributed by atoms with Crippen molar-refractivity contribution in [3.05, 3.63) is 64.2 Å². The van der Waals surface area contributed by atoms with Gasteiger partial charge in [0.1, 0.15) is 11.4 Å². The van der Waals surface area contributed by atoms with Crippen LogP contribution >= 0.6 is 12.2 Å². The molecule has 0 spiro atoms. The van der Waals surface area contributed by atoms with Crippen LogP contribution in [0.25, 0.3) is 0 Å². The normalized spacial score (nSPS) is 9.96. The van der Waals surface area contributed by atoms with E-state index in [9.17, 15) is 10.1 Å². The summed E-state index contributed by atoms with van der Waals surface area (Å²) in [5.41, 5.74) is 1.43. The first kappa shape index (κ1) is 16.7. The molecule has 6 nitrogen and oxygen atoms in total. The monoisotopic (exact) mass is 331 g/mol. The van der Waals surface area contributed by atoms with Gasteiger partial charge < -0.3 is 15.4 Å². The Hall–Kier alpha value is -2.67. The molecule has 0 saturated heterocycles. The number of benzene rings is 2. The van der Waals surface area contributed by atoms with Crippen molar-refractivity contribution in [3.63, 3.8) is 0 Å². The molecule has 0 saturated carbocycles. The highest BCUT2D eigenvalue weighted by Crippen LogP contribution is 2.28. The van der Waals surface area contributed by atoms with Gasteiger partial charge in [0.05, 0.1) is 18.1 Å². The van der Waals surface area contributed by atoms with E-state index < -0.39 is 4.92 Å². The highest BCUT2D eigenvalue weighted by Gasteiger charge is 2.15. The maximum atomic E-state index is 11.1. The first-order chi connectivity index (χ1) is 11.1. The summed E-state index contributed by atoms with van der Waals surface area (Å²) >= 11 is 5.18. The van der Waals surface area contributed by atoms with Crippen molar-refractivity contribution in [1.82, 2.24) is 5.32 Å². The zero-order chi connectivity index (χ0) is 16.7. The van der Waals surface area contributed by atoms with Gasteiger partial charge in [-0.3, -0.25) is 10.1 Å². The highest BCUT2D eigenvalue weighted by atomic mass is 32.1. The van der Waals surface area contributed by atoms with Crippen molar-refractivity contribution in [2.24, 2.45) is 0 Å². The van der Waals surface area contributed by atoms with Gasteiger partial charge in [-0.05, 0) is 36.3 Å². The SMILES string of the molecule is COc1ccc(NC(=S)NCCc2ccccc2)c([N+](=O)[O-])c1. The van der Waals surface area contributed by atoms with Crippen LogP contribution in [0.15, 0.2) is 48.5 Å². The maximum absolute atomic E-state index is 11.1. The van der Waals surface area contributed by atoms with Crippen LogP contribution in [0.2, 0.25) is 0 Å². The summed E-state index contributed by atoms with van der Waals surface area (Å²) in [4.78, 5) is 10.6. The van der Waals surface area contributed by atoms with Crippen LogP contribution in [0.4, 0.5) is 11.4 Å². The number of rotatable bonds is 6. The van der Waals surface area contributed by atoms with Gasteiger partial charge in [-0.15, -0.1) is 0 Å². The van der Waals surface area contributed by atoms with Crippen molar-refractivity contribution in [2.75, 3.05) is 19.0 Å². The molecule has 23 heavy (non-hydrogen) atoms. The van der Waals surface area contributed by atoms with Crippen molar-refractivity contribution in [3.8, 4) is 5.75 Å².